The van der Waals surface area contributed by atoms with Crippen LogP contribution in [0, 0.1) is 6.92 Å². The summed E-state index contributed by atoms with van der Waals surface area (Å²) in [4.78, 5) is 13.3. The molecule has 0 unspecified atom stereocenters. The molecule has 36 heavy (non-hydrogen) atoms. The Morgan fingerprint density at radius 1 is 1.03 bits per heavy atom. The summed E-state index contributed by atoms with van der Waals surface area (Å²) >= 11 is 5.99. The first-order valence-corrected chi connectivity index (χ1v) is 11.8. The summed E-state index contributed by atoms with van der Waals surface area (Å²) in [6.45, 7) is 2.05. The number of nitrogens with one attached hydrogen (secondary N) is 2. The van der Waals surface area contributed by atoms with Crippen molar-refractivity contribution >= 4 is 34.7 Å². The Balaban J connectivity index is 1.60. The van der Waals surface area contributed by atoms with E-state index in [1.165, 1.54) is 0 Å². The lowest BCUT2D eigenvalue weighted by Crippen LogP contribution is -2.22. The number of hydrogen-bond donors (Lipinski definition) is 2. The number of carbonyl (C=O) groups excluding carboxylic acids is 1. The van der Waals surface area contributed by atoms with Crippen LogP contribution in [0.5, 0.6) is 11.5 Å². The Labute approximate surface area is 214 Å². The number of carbonyl (C=O) groups is 1. The number of aryl methyl sites for hydroxylation is 1. The number of para-hydroxylation sites is 1. The van der Waals surface area contributed by atoms with Crippen molar-refractivity contribution in [2.75, 3.05) is 24.9 Å². The lowest BCUT2D eigenvalue weighted by molar-refractivity contribution is 0.102. The molecule has 0 aliphatic carbocycles. The molecule has 1 aliphatic heterocycles. The van der Waals surface area contributed by atoms with Gasteiger partial charge in [-0.1, -0.05) is 53.6 Å². The topological polar surface area (TPSA) is 77.4 Å². The number of amides is 1. The minimum absolute atomic E-state index is 0.285. The zero-order chi connectivity index (χ0) is 25.2. The number of hydrogen-bond acceptors (Lipinski definition) is 5. The van der Waals surface area contributed by atoms with Crippen molar-refractivity contribution in [1.29, 1.82) is 0 Å². The van der Waals surface area contributed by atoms with E-state index in [1.54, 1.807) is 49.4 Å². The molecule has 0 radical (unpaired) electrons. The molecule has 8 heteroatoms. The summed E-state index contributed by atoms with van der Waals surface area (Å²) in [5.41, 5.74) is 4.92. The fraction of sp³-hybridized carbons (Fsp3) is 0.143. The largest absolute Gasteiger partial charge is 0.493 e. The second kappa shape index (κ2) is 9.79. The van der Waals surface area contributed by atoms with Crippen molar-refractivity contribution in [2.24, 2.45) is 0 Å². The average molecular weight is 501 g/mol. The van der Waals surface area contributed by atoms with E-state index in [2.05, 4.69) is 33.9 Å². The highest BCUT2D eigenvalue weighted by atomic mass is 35.5. The van der Waals surface area contributed by atoms with Gasteiger partial charge >= 0.3 is 0 Å². The Bertz CT molecular complexity index is 1440. The molecule has 1 amide bonds. The number of methoxy groups -OCH3 is 2. The van der Waals surface area contributed by atoms with E-state index in [9.17, 15) is 4.79 Å². The summed E-state index contributed by atoms with van der Waals surface area (Å²) in [7, 11) is 3.22. The van der Waals surface area contributed by atoms with Gasteiger partial charge in [-0.3, -0.25) is 4.79 Å². The first-order valence-electron chi connectivity index (χ1n) is 11.4. The van der Waals surface area contributed by atoms with E-state index in [1.807, 2.05) is 37.3 Å². The van der Waals surface area contributed by atoms with Gasteiger partial charge in [0.25, 0.3) is 5.91 Å². The summed E-state index contributed by atoms with van der Waals surface area (Å²) in [5.74, 6) is 1.52. The molecule has 1 atom stereocenters. The summed E-state index contributed by atoms with van der Waals surface area (Å²) in [6, 6.07) is 20.6. The lowest BCUT2D eigenvalue weighted by Gasteiger charge is -2.27. The van der Waals surface area contributed by atoms with Crippen LogP contribution in [0.4, 0.5) is 11.5 Å². The maximum Gasteiger partial charge on any atom is 0.261 e. The van der Waals surface area contributed by atoms with Gasteiger partial charge in [-0.15, -0.1) is 0 Å². The molecule has 0 saturated heterocycles. The zero-order valence-electron chi connectivity index (χ0n) is 20.1. The van der Waals surface area contributed by atoms with Gasteiger partial charge in [-0.05, 0) is 48.9 Å². The zero-order valence-corrected chi connectivity index (χ0v) is 20.8. The van der Waals surface area contributed by atoms with Gasteiger partial charge in [0, 0.05) is 22.0 Å². The number of fused-ring (bicyclic) bond motifs is 1. The van der Waals surface area contributed by atoms with Gasteiger partial charge in [0.15, 0.2) is 11.5 Å². The van der Waals surface area contributed by atoms with Crippen LogP contribution < -0.4 is 20.1 Å². The average Bonchev–Trinajstić information content (AvgIpc) is 3.33. The summed E-state index contributed by atoms with van der Waals surface area (Å²) in [6.07, 6.45) is 3.64. The monoisotopic (exact) mass is 500 g/mol. The van der Waals surface area contributed by atoms with Crippen LogP contribution in [-0.2, 0) is 0 Å². The molecule has 1 aromatic heterocycles. The predicted octanol–water partition coefficient (Wildman–Crippen LogP) is 6.17. The van der Waals surface area contributed by atoms with Gasteiger partial charge in [0.1, 0.15) is 17.4 Å². The van der Waals surface area contributed by atoms with Crippen LogP contribution in [0.2, 0.25) is 5.02 Å². The number of benzene rings is 3. The van der Waals surface area contributed by atoms with E-state index in [-0.39, 0.29) is 11.9 Å². The van der Waals surface area contributed by atoms with Gasteiger partial charge in [-0.25, -0.2) is 4.68 Å². The van der Waals surface area contributed by atoms with Gasteiger partial charge < -0.3 is 20.1 Å². The van der Waals surface area contributed by atoms with E-state index in [0.29, 0.717) is 33.6 Å². The molecule has 2 heterocycles. The van der Waals surface area contributed by atoms with Crippen molar-refractivity contribution in [3.05, 3.63) is 106 Å². The standard InChI is InChI=1S/C28H25ClN4O3/c1-17-7-9-18(10-8-17)23-15-24(21-5-4-6-25(35-2)26(21)36-3)33-27(32-23)22(16-30-33)28(34)31-20-13-11-19(29)12-14-20/h4-16,24,32H,1-3H3,(H,31,34)/t24-/m1/s1. The van der Waals surface area contributed by atoms with Crippen molar-refractivity contribution in [3.8, 4) is 11.5 Å². The molecule has 182 valence electrons. The SMILES string of the molecule is COc1cccc([C@H]2C=C(c3ccc(C)cc3)Nc3c(C(=O)Nc4ccc(Cl)cc4)cnn32)c1OC. The van der Waals surface area contributed by atoms with Crippen LogP contribution in [0.25, 0.3) is 5.70 Å². The number of ether oxygens (including phenoxy) is 2. The van der Waals surface area contributed by atoms with E-state index >= 15 is 0 Å². The minimum atomic E-state index is -0.348. The fourth-order valence-electron chi connectivity index (χ4n) is 4.26. The molecule has 0 saturated carbocycles. The Kier molecular flexibility index (Phi) is 6.40. The molecule has 0 bridgehead atoms. The molecule has 2 N–H and O–H groups in total. The molecule has 0 spiro atoms. The highest BCUT2D eigenvalue weighted by molar-refractivity contribution is 6.30. The molecular formula is C28H25ClN4O3. The second-order valence-electron chi connectivity index (χ2n) is 8.41. The number of aromatic nitrogens is 2. The second-order valence-corrected chi connectivity index (χ2v) is 8.85. The van der Waals surface area contributed by atoms with Crippen molar-refractivity contribution < 1.29 is 14.3 Å². The fourth-order valence-corrected chi connectivity index (χ4v) is 4.39. The van der Waals surface area contributed by atoms with E-state index in [4.69, 9.17) is 21.1 Å². The Hall–Kier alpha value is -4.23. The number of halogens is 1. The van der Waals surface area contributed by atoms with Crippen LogP contribution in [0.15, 0.2) is 79.0 Å². The first-order chi connectivity index (χ1) is 17.5. The summed E-state index contributed by atoms with van der Waals surface area (Å²) < 4.78 is 13.0. The number of allylic oxidation sites excluding steroid dienone is 1. The van der Waals surface area contributed by atoms with Gasteiger partial charge in [0.05, 0.1) is 20.4 Å². The summed E-state index contributed by atoms with van der Waals surface area (Å²) in [5, 5.41) is 11.5. The minimum Gasteiger partial charge on any atom is -0.493 e. The maximum absolute atomic E-state index is 13.3. The highest BCUT2D eigenvalue weighted by Gasteiger charge is 2.30. The number of nitrogens with zero attached hydrogens (tertiary/aromatic N) is 2. The van der Waals surface area contributed by atoms with Crippen molar-refractivity contribution in [3.63, 3.8) is 0 Å². The van der Waals surface area contributed by atoms with Crippen molar-refractivity contribution in [1.82, 2.24) is 9.78 Å². The van der Waals surface area contributed by atoms with Crippen molar-refractivity contribution in [2.45, 2.75) is 13.0 Å². The highest BCUT2D eigenvalue weighted by Crippen LogP contribution is 2.41. The van der Waals surface area contributed by atoms with Gasteiger partial charge in [0.2, 0.25) is 0 Å². The van der Waals surface area contributed by atoms with E-state index in [0.717, 1.165) is 22.4 Å². The van der Waals surface area contributed by atoms with E-state index < -0.39 is 0 Å². The molecule has 3 aromatic carbocycles. The Morgan fingerprint density at radius 3 is 2.47 bits per heavy atom. The van der Waals surface area contributed by atoms with Crippen LogP contribution >= 0.6 is 11.6 Å². The maximum atomic E-state index is 13.3. The molecule has 4 aromatic rings. The van der Waals surface area contributed by atoms with Crippen LogP contribution in [0.3, 0.4) is 0 Å². The third kappa shape index (κ3) is 4.41. The Morgan fingerprint density at radius 2 is 1.78 bits per heavy atom. The number of rotatable bonds is 6. The predicted molar refractivity (Wildman–Crippen MR) is 142 cm³/mol. The van der Waals surface area contributed by atoms with Gasteiger partial charge in [-0.2, -0.15) is 5.10 Å². The molecule has 0 fully saturated rings. The third-order valence-electron chi connectivity index (χ3n) is 6.10. The molecular weight excluding hydrogens is 476 g/mol. The molecule has 7 nitrogen and oxygen atoms in total. The van der Waals surface area contributed by atoms with Crippen LogP contribution in [-0.4, -0.2) is 29.9 Å². The third-order valence-corrected chi connectivity index (χ3v) is 6.35. The smallest absolute Gasteiger partial charge is 0.261 e. The first kappa shape index (κ1) is 23.5. The quantitative estimate of drug-likeness (QED) is 0.331. The normalized spacial score (nSPS) is 14.3. The molecule has 5 rings (SSSR count). The van der Waals surface area contributed by atoms with Crippen LogP contribution in [0.1, 0.15) is 33.1 Å². The molecule has 1 aliphatic rings. The lowest BCUT2D eigenvalue weighted by atomic mass is 9.99. The number of anilines is 2.